The van der Waals surface area contributed by atoms with Gasteiger partial charge in [-0.2, -0.15) is 0 Å². The molecular formula is C10H16N2O2S2. The standard InChI is InChI=1S/C10H16N2O2S2/c1-16(13,14)7-10(2-3-10)6-11-4-9-5-15-8-12-9/h5,8,11H,2-4,6-7H2,1H3. The summed E-state index contributed by atoms with van der Waals surface area (Å²) in [6.07, 6.45) is 3.35. The van der Waals surface area contributed by atoms with Crippen LogP contribution in [0.5, 0.6) is 0 Å². The molecule has 0 radical (unpaired) electrons. The molecular weight excluding hydrogens is 244 g/mol. The first kappa shape index (κ1) is 12.0. The van der Waals surface area contributed by atoms with Gasteiger partial charge < -0.3 is 5.32 Å². The van der Waals surface area contributed by atoms with E-state index in [9.17, 15) is 8.42 Å². The Morgan fingerprint density at radius 3 is 2.81 bits per heavy atom. The second-order valence-electron chi connectivity index (χ2n) is 4.65. The summed E-state index contributed by atoms with van der Waals surface area (Å²) in [6, 6.07) is 0. The molecule has 0 atom stereocenters. The summed E-state index contributed by atoms with van der Waals surface area (Å²) in [5, 5.41) is 5.30. The third-order valence-electron chi connectivity index (χ3n) is 2.82. The molecule has 1 heterocycles. The molecule has 1 N–H and O–H groups in total. The summed E-state index contributed by atoms with van der Waals surface area (Å²) in [7, 11) is -2.86. The fourth-order valence-electron chi connectivity index (χ4n) is 1.89. The minimum absolute atomic E-state index is 0.00358. The molecule has 1 fully saturated rings. The van der Waals surface area contributed by atoms with Gasteiger partial charge in [0.15, 0.2) is 0 Å². The number of nitrogens with one attached hydrogen (secondary N) is 1. The van der Waals surface area contributed by atoms with E-state index in [1.807, 2.05) is 5.38 Å². The van der Waals surface area contributed by atoms with Gasteiger partial charge in [0.1, 0.15) is 9.84 Å². The Bertz CT molecular complexity index is 435. The molecule has 0 saturated heterocycles. The van der Waals surface area contributed by atoms with Crippen LogP contribution in [-0.2, 0) is 16.4 Å². The van der Waals surface area contributed by atoms with E-state index < -0.39 is 9.84 Å². The van der Waals surface area contributed by atoms with E-state index in [-0.39, 0.29) is 5.41 Å². The quantitative estimate of drug-likeness (QED) is 0.831. The summed E-state index contributed by atoms with van der Waals surface area (Å²) >= 11 is 1.58. The third kappa shape index (κ3) is 3.54. The third-order valence-corrected chi connectivity index (χ3v) is 4.59. The highest BCUT2D eigenvalue weighted by Gasteiger charge is 2.44. The van der Waals surface area contributed by atoms with Crippen LogP contribution < -0.4 is 5.32 Å². The van der Waals surface area contributed by atoms with Gasteiger partial charge in [0.05, 0.1) is 17.0 Å². The number of hydrogen-bond acceptors (Lipinski definition) is 5. The summed E-state index contributed by atoms with van der Waals surface area (Å²) in [5.74, 6) is 0.310. The number of nitrogens with zero attached hydrogens (tertiary/aromatic N) is 1. The van der Waals surface area contributed by atoms with Crippen molar-refractivity contribution in [3.8, 4) is 0 Å². The summed E-state index contributed by atoms with van der Waals surface area (Å²) < 4.78 is 22.5. The highest BCUT2D eigenvalue weighted by molar-refractivity contribution is 7.90. The molecule has 0 bridgehead atoms. The van der Waals surface area contributed by atoms with Gasteiger partial charge in [-0.05, 0) is 18.3 Å². The van der Waals surface area contributed by atoms with Gasteiger partial charge in [0.2, 0.25) is 0 Å². The van der Waals surface area contributed by atoms with E-state index in [0.717, 1.165) is 31.6 Å². The molecule has 0 unspecified atom stereocenters. The lowest BCUT2D eigenvalue weighted by molar-refractivity contribution is 0.490. The van der Waals surface area contributed by atoms with Crippen LogP contribution in [0.4, 0.5) is 0 Å². The first-order chi connectivity index (χ1) is 7.49. The van der Waals surface area contributed by atoms with E-state index >= 15 is 0 Å². The second-order valence-corrected chi connectivity index (χ2v) is 7.51. The number of rotatable bonds is 6. The normalized spacial score (nSPS) is 18.6. The van der Waals surface area contributed by atoms with Crippen LogP contribution in [0, 0.1) is 5.41 Å². The van der Waals surface area contributed by atoms with E-state index in [1.165, 1.54) is 6.26 Å². The molecule has 1 saturated carbocycles. The van der Waals surface area contributed by atoms with E-state index in [2.05, 4.69) is 10.3 Å². The number of sulfone groups is 1. The smallest absolute Gasteiger partial charge is 0.148 e. The molecule has 90 valence electrons. The van der Waals surface area contributed by atoms with Crippen LogP contribution >= 0.6 is 11.3 Å². The molecule has 6 heteroatoms. The summed E-state index contributed by atoms with van der Waals surface area (Å²) in [5.41, 5.74) is 2.84. The largest absolute Gasteiger partial charge is 0.311 e. The lowest BCUT2D eigenvalue weighted by atomic mass is 10.1. The van der Waals surface area contributed by atoms with Crippen LogP contribution in [0.1, 0.15) is 18.5 Å². The maximum atomic E-state index is 11.2. The van der Waals surface area contributed by atoms with Crippen molar-refractivity contribution in [3.05, 3.63) is 16.6 Å². The fourth-order valence-corrected chi connectivity index (χ4v) is 3.95. The van der Waals surface area contributed by atoms with Crippen LogP contribution in [0.25, 0.3) is 0 Å². The zero-order valence-electron chi connectivity index (χ0n) is 9.27. The van der Waals surface area contributed by atoms with E-state index in [1.54, 1.807) is 16.8 Å². The molecule has 0 spiro atoms. The highest BCUT2D eigenvalue weighted by atomic mass is 32.2. The van der Waals surface area contributed by atoms with Crippen molar-refractivity contribution in [2.45, 2.75) is 19.4 Å². The van der Waals surface area contributed by atoms with Gasteiger partial charge in [-0.15, -0.1) is 11.3 Å². The number of aromatic nitrogens is 1. The molecule has 0 amide bonds. The maximum absolute atomic E-state index is 11.2. The topological polar surface area (TPSA) is 59.1 Å². The molecule has 1 aromatic heterocycles. The fraction of sp³-hybridized carbons (Fsp3) is 0.700. The number of thiazole rings is 1. The van der Waals surface area contributed by atoms with Gasteiger partial charge in [-0.1, -0.05) is 0 Å². The Labute approximate surface area is 100 Å². The predicted molar refractivity (Wildman–Crippen MR) is 65.2 cm³/mol. The Morgan fingerprint density at radius 1 is 1.56 bits per heavy atom. The minimum atomic E-state index is -2.86. The van der Waals surface area contributed by atoms with Crippen molar-refractivity contribution in [2.75, 3.05) is 18.6 Å². The second kappa shape index (κ2) is 4.43. The average Bonchev–Trinajstić information content (AvgIpc) is 2.72. The zero-order chi connectivity index (χ0) is 11.6. The summed E-state index contributed by atoms with van der Waals surface area (Å²) in [6.45, 7) is 1.51. The highest BCUT2D eigenvalue weighted by Crippen LogP contribution is 2.46. The summed E-state index contributed by atoms with van der Waals surface area (Å²) in [4.78, 5) is 4.17. The van der Waals surface area contributed by atoms with Crippen molar-refractivity contribution in [2.24, 2.45) is 5.41 Å². The molecule has 1 aliphatic carbocycles. The van der Waals surface area contributed by atoms with Crippen LogP contribution in [0.3, 0.4) is 0 Å². The average molecular weight is 260 g/mol. The van der Waals surface area contributed by atoms with Gasteiger partial charge >= 0.3 is 0 Å². The lowest BCUT2D eigenvalue weighted by Crippen LogP contribution is -2.29. The van der Waals surface area contributed by atoms with Crippen molar-refractivity contribution in [3.63, 3.8) is 0 Å². The van der Waals surface area contributed by atoms with Crippen molar-refractivity contribution in [1.29, 1.82) is 0 Å². The SMILES string of the molecule is CS(=O)(=O)CC1(CNCc2cscn2)CC1. The zero-order valence-corrected chi connectivity index (χ0v) is 10.9. The monoisotopic (exact) mass is 260 g/mol. The Kier molecular flexibility index (Phi) is 3.32. The molecule has 4 nitrogen and oxygen atoms in total. The van der Waals surface area contributed by atoms with Gasteiger partial charge in [0, 0.05) is 24.7 Å². The molecule has 1 aromatic rings. The van der Waals surface area contributed by atoms with E-state index in [0.29, 0.717) is 5.75 Å². The molecule has 2 rings (SSSR count). The van der Waals surface area contributed by atoms with Crippen LogP contribution in [-0.4, -0.2) is 32.0 Å². The van der Waals surface area contributed by atoms with Crippen LogP contribution in [0.15, 0.2) is 10.9 Å². The Morgan fingerprint density at radius 2 is 2.31 bits per heavy atom. The first-order valence-corrected chi connectivity index (χ1v) is 8.25. The van der Waals surface area contributed by atoms with Gasteiger partial charge in [-0.25, -0.2) is 13.4 Å². The van der Waals surface area contributed by atoms with Gasteiger partial charge in [-0.3, -0.25) is 0 Å². The predicted octanol–water partition coefficient (Wildman–Crippen LogP) is 1.06. The molecule has 16 heavy (non-hydrogen) atoms. The Hall–Kier alpha value is -0.460. The first-order valence-electron chi connectivity index (χ1n) is 5.25. The molecule has 1 aliphatic rings. The lowest BCUT2D eigenvalue weighted by Gasteiger charge is -2.14. The minimum Gasteiger partial charge on any atom is -0.311 e. The number of hydrogen-bond donors (Lipinski definition) is 1. The van der Waals surface area contributed by atoms with Crippen molar-refractivity contribution < 1.29 is 8.42 Å². The van der Waals surface area contributed by atoms with Crippen LogP contribution in [0.2, 0.25) is 0 Å². The maximum Gasteiger partial charge on any atom is 0.148 e. The van der Waals surface area contributed by atoms with Gasteiger partial charge in [0.25, 0.3) is 0 Å². The van der Waals surface area contributed by atoms with Crippen molar-refractivity contribution >= 4 is 21.2 Å². The molecule has 0 aliphatic heterocycles. The van der Waals surface area contributed by atoms with E-state index in [4.69, 9.17) is 0 Å². The molecule has 0 aromatic carbocycles. The Balaban J connectivity index is 1.78. The van der Waals surface area contributed by atoms with Crippen molar-refractivity contribution in [1.82, 2.24) is 10.3 Å².